The molecular formula is C9H6BrFN2. The zero-order valence-corrected chi connectivity index (χ0v) is 8.18. The van der Waals surface area contributed by atoms with Gasteiger partial charge < -0.3 is 4.98 Å². The first-order valence-electron chi connectivity index (χ1n) is 3.72. The number of H-pyrrole nitrogens is 1. The number of hydrogen-bond donors (Lipinski definition) is 1. The summed E-state index contributed by atoms with van der Waals surface area (Å²) in [5.74, 6) is 0.469. The maximum absolute atomic E-state index is 12.9. The van der Waals surface area contributed by atoms with Gasteiger partial charge in [0.2, 0.25) is 0 Å². The second kappa shape index (κ2) is 3.30. The average molecular weight is 241 g/mol. The van der Waals surface area contributed by atoms with Gasteiger partial charge in [-0.2, -0.15) is 0 Å². The van der Waals surface area contributed by atoms with Crippen LogP contribution in [0.4, 0.5) is 4.39 Å². The zero-order valence-electron chi connectivity index (χ0n) is 6.59. The van der Waals surface area contributed by atoms with Gasteiger partial charge in [-0.25, -0.2) is 9.37 Å². The lowest BCUT2D eigenvalue weighted by molar-refractivity contribution is 0.621. The van der Waals surface area contributed by atoms with Gasteiger partial charge in [-0.15, -0.1) is 0 Å². The highest BCUT2D eigenvalue weighted by Crippen LogP contribution is 2.22. The predicted molar refractivity (Wildman–Crippen MR) is 51.7 cm³/mol. The lowest BCUT2D eigenvalue weighted by Crippen LogP contribution is -1.82. The van der Waals surface area contributed by atoms with Crippen LogP contribution in [0.2, 0.25) is 0 Å². The Morgan fingerprint density at radius 1 is 1.38 bits per heavy atom. The molecule has 13 heavy (non-hydrogen) atoms. The second-order valence-corrected chi connectivity index (χ2v) is 3.42. The van der Waals surface area contributed by atoms with E-state index in [1.54, 1.807) is 24.5 Å². The highest BCUT2D eigenvalue weighted by Gasteiger charge is 2.03. The highest BCUT2D eigenvalue weighted by atomic mass is 79.9. The third-order valence-electron chi connectivity index (χ3n) is 1.69. The van der Waals surface area contributed by atoms with Crippen LogP contribution in [-0.4, -0.2) is 9.97 Å². The summed E-state index contributed by atoms with van der Waals surface area (Å²) in [5.41, 5.74) is 0.860. The van der Waals surface area contributed by atoms with E-state index in [0.29, 0.717) is 4.47 Å². The lowest BCUT2D eigenvalue weighted by Gasteiger charge is -1.98. The first-order chi connectivity index (χ1) is 6.27. The molecule has 1 aromatic heterocycles. The van der Waals surface area contributed by atoms with Gasteiger partial charge in [0.05, 0.1) is 4.47 Å². The summed E-state index contributed by atoms with van der Waals surface area (Å²) in [6.07, 6.45) is 3.39. The van der Waals surface area contributed by atoms with E-state index in [9.17, 15) is 4.39 Å². The smallest absolute Gasteiger partial charge is 0.137 e. The Morgan fingerprint density at radius 3 is 2.85 bits per heavy atom. The number of rotatable bonds is 1. The summed E-state index contributed by atoms with van der Waals surface area (Å²) in [4.78, 5) is 7.00. The molecule has 0 saturated heterocycles. The number of halogens is 2. The molecule has 0 spiro atoms. The molecule has 66 valence electrons. The van der Waals surface area contributed by atoms with Crippen molar-refractivity contribution in [3.05, 3.63) is 40.9 Å². The minimum atomic E-state index is -0.268. The number of imidazole rings is 1. The van der Waals surface area contributed by atoms with Crippen molar-refractivity contribution in [1.29, 1.82) is 0 Å². The maximum Gasteiger partial charge on any atom is 0.137 e. The fourth-order valence-electron chi connectivity index (χ4n) is 1.07. The van der Waals surface area contributed by atoms with Crippen LogP contribution >= 0.6 is 15.9 Å². The first-order valence-corrected chi connectivity index (χ1v) is 4.51. The van der Waals surface area contributed by atoms with Crippen LogP contribution < -0.4 is 0 Å². The van der Waals surface area contributed by atoms with Gasteiger partial charge in [0.25, 0.3) is 0 Å². The van der Waals surface area contributed by atoms with Crippen molar-refractivity contribution in [3.63, 3.8) is 0 Å². The molecule has 0 aliphatic rings. The molecule has 0 aliphatic heterocycles. The molecule has 0 unspecified atom stereocenters. The molecule has 0 amide bonds. The van der Waals surface area contributed by atoms with Crippen LogP contribution in [0.3, 0.4) is 0 Å². The highest BCUT2D eigenvalue weighted by molar-refractivity contribution is 9.10. The van der Waals surface area contributed by atoms with Gasteiger partial charge in [-0.1, -0.05) is 0 Å². The van der Waals surface area contributed by atoms with Gasteiger partial charge in [-0.05, 0) is 34.1 Å². The van der Waals surface area contributed by atoms with E-state index in [1.165, 1.54) is 6.07 Å². The molecule has 1 N–H and O–H groups in total. The Hall–Kier alpha value is -1.16. The van der Waals surface area contributed by atoms with E-state index < -0.39 is 0 Å². The standard InChI is InChI=1S/C9H6BrFN2/c10-7-5-6(1-2-8(7)11)9-12-3-4-13-9/h1-5H,(H,12,13). The molecule has 0 radical (unpaired) electrons. The van der Waals surface area contributed by atoms with Crippen molar-refractivity contribution in [2.75, 3.05) is 0 Å². The number of aromatic amines is 1. The number of hydrogen-bond acceptors (Lipinski definition) is 1. The number of nitrogens with one attached hydrogen (secondary N) is 1. The molecule has 2 nitrogen and oxygen atoms in total. The maximum atomic E-state index is 12.9. The fraction of sp³-hybridized carbons (Fsp3) is 0. The van der Waals surface area contributed by atoms with E-state index >= 15 is 0 Å². The van der Waals surface area contributed by atoms with Gasteiger partial charge >= 0.3 is 0 Å². The molecule has 1 aromatic carbocycles. The summed E-state index contributed by atoms with van der Waals surface area (Å²) in [5, 5.41) is 0. The lowest BCUT2D eigenvalue weighted by atomic mass is 10.2. The summed E-state index contributed by atoms with van der Waals surface area (Å²) in [7, 11) is 0. The summed E-state index contributed by atoms with van der Waals surface area (Å²) in [6.45, 7) is 0. The van der Waals surface area contributed by atoms with Crippen molar-refractivity contribution < 1.29 is 4.39 Å². The van der Waals surface area contributed by atoms with Crippen molar-refractivity contribution in [2.24, 2.45) is 0 Å². The van der Waals surface area contributed by atoms with Crippen molar-refractivity contribution in [3.8, 4) is 11.4 Å². The van der Waals surface area contributed by atoms with Crippen molar-refractivity contribution >= 4 is 15.9 Å². The molecule has 0 bridgehead atoms. The van der Waals surface area contributed by atoms with E-state index in [0.717, 1.165) is 11.4 Å². The molecule has 2 aromatic rings. The Bertz CT molecular complexity index is 412. The van der Waals surface area contributed by atoms with E-state index in [4.69, 9.17) is 0 Å². The van der Waals surface area contributed by atoms with E-state index in [1.807, 2.05) is 0 Å². The molecule has 0 fully saturated rings. The van der Waals surface area contributed by atoms with Gasteiger partial charge in [0.1, 0.15) is 11.6 Å². The normalized spacial score (nSPS) is 10.3. The average Bonchev–Trinajstić information content (AvgIpc) is 2.62. The van der Waals surface area contributed by atoms with Crippen LogP contribution in [-0.2, 0) is 0 Å². The zero-order chi connectivity index (χ0) is 9.26. The minimum absolute atomic E-state index is 0.268. The number of nitrogens with zero attached hydrogens (tertiary/aromatic N) is 1. The van der Waals surface area contributed by atoms with Crippen LogP contribution in [0.15, 0.2) is 35.1 Å². The third kappa shape index (κ3) is 1.62. The van der Waals surface area contributed by atoms with Crippen molar-refractivity contribution in [2.45, 2.75) is 0 Å². The summed E-state index contributed by atoms with van der Waals surface area (Å²) >= 11 is 3.11. The monoisotopic (exact) mass is 240 g/mol. The number of aromatic nitrogens is 2. The summed E-state index contributed by atoms with van der Waals surface area (Å²) < 4.78 is 13.3. The van der Waals surface area contributed by atoms with Gasteiger partial charge in [-0.3, -0.25) is 0 Å². The molecule has 1 heterocycles. The second-order valence-electron chi connectivity index (χ2n) is 2.57. The Balaban J connectivity index is 2.49. The molecular weight excluding hydrogens is 235 g/mol. The fourth-order valence-corrected chi connectivity index (χ4v) is 1.45. The van der Waals surface area contributed by atoms with Gasteiger partial charge in [0, 0.05) is 18.0 Å². The summed E-state index contributed by atoms with van der Waals surface area (Å²) in [6, 6.07) is 4.77. The van der Waals surface area contributed by atoms with Crippen LogP contribution in [0, 0.1) is 5.82 Å². The third-order valence-corrected chi connectivity index (χ3v) is 2.30. The van der Waals surface area contributed by atoms with Crippen LogP contribution in [0.1, 0.15) is 0 Å². The molecule has 0 atom stereocenters. The molecule has 4 heteroatoms. The molecule has 0 saturated carbocycles. The number of benzene rings is 1. The van der Waals surface area contributed by atoms with Crippen molar-refractivity contribution in [1.82, 2.24) is 9.97 Å². The van der Waals surface area contributed by atoms with E-state index in [2.05, 4.69) is 25.9 Å². The Labute approximate surface area is 83.0 Å². The first kappa shape index (κ1) is 8.44. The van der Waals surface area contributed by atoms with Gasteiger partial charge in [0.15, 0.2) is 0 Å². The van der Waals surface area contributed by atoms with Crippen LogP contribution in [0.25, 0.3) is 11.4 Å². The quantitative estimate of drug-likeness (QED) is 0.816. The van der Waals surface area contributed by atoms with E-state index in [-0.39, 0.29) is 5.82 Å². The minimum Gasteiger partial charge on any atom is -0.345 e. The topological polar surface area (TPSA) is 28.7 Å². The SMILES string of the molecule is Fc1ccc(-c2ncc[nH]2)cc1Br. The molecule has 0 aliphatic carbocycles. The Kier molecular flexibility index (Phi) is 2.14. The molecule has 2 rings (SSSR count). The Morgan fingerprint density at radius 2 is 2.23 bits per heavy atom. The van der Waals surface area contributed by atoms with Crippen LogP contribution in [0.5, 0.6) is 0 Å². The largest absolute Gasteiger partial charge is 0.345 e. The predicted octanol–water partition coefficient (Wildman–Crippen LogP) is 2.98.